The Kier molecular flexibility index (Phi) is 6.05. The van der Waals surface area contributed by atoms with Gasteiger partial charge >= 0.3 is 6.61 Å². The Balaban J connectivity index is 1.45. The van der Waals surface area contributed by atoms with E-state index in [2.05, 4.69) is 36.6 Å². The number of nitrogens with zero attached hydrogens (tertiary/aromatic N) is 6. The summed E-state index contributed by atoms with van der Waals surface area (Å²) in [6.45, 7) is 1.56. The number of carbonyl (C=O) groups excluding carboxylic acids is 1. The summed E-state index contributed by atoms with van der Waals surface area (Å²) < 4.78 is 44.0. The Labute approximate surface area is 202 Å². The molecule has 0 radical (unpaired) electrons. The fourth-order valence-electron chi connectivity index (χ4n) is 4.48. The molecule has 6 rings (SSSR count). The quantitative estimate of drug-likeness (QED) is 0.504. The lowest BCUT2D eigenvalue weighted by molar-refractivity contribution is -0.131. The number of amides is 1. The van der Waals surface area contributed by atoms with E-state index in [0.29, 0.717) is 30.1 Å². The van der Waals surface area contributed by atoms with E-state index in [-0.39, 0.29) is 29.5 Å². The Morgan fingerprint density at radius 3 is 2.74 bits per heavy atom. The SMILES string of the molecule is C=CC(=O)N1C[C@@H]2CC[C@@H]1CN2c1ncc2ncnc(Nc3ccc(OC(F)F)c(Cl)c3F)c2n1. The summed E-state index contributed by atoms with van der Waals surface area (Å²) in [5.41, 5.74) is 0.648. The van der Waals surface area contributed by atoms with Gasteiger partial charge in [0.15, 0.2) is 11.6 Å². The maximum absolute atomic E-state index is 14.8. The highest BCUT2D eigenvalue weighted by Gasteiger charge is 2.41. The normalized spacial score (nSPS) is 19.3. The van der Waals surface area contributed by atoms with Crippen molar-refractivity contribution in [1.82, 2.24) is 24.8 Å². The van der Waals surface area contributed by atoms with Crippen LogP contribution in [0.4, 0.5) is 30.6 Å². The maximum atomic E-state index is 14.8. The van der Waals surface area contributed by atoms with E-state index in [4.69, 9.17) is 11.6 Å². The summed E-state index contributed by atoms with van der Waals surface area (Å²) in [6, 6.07) is 2.41. The van der Waals surface area contributed by atoms with Crippen molar-refractivity contribution in [2.24, 2.45) is 0 Å². The van der Waals surface area contributed by atoms with Crippen LogP contribution in [0.5, 0.6) is 5.75 Å². The number of alkyl halides is 2. The van der Waals surface area contributed by atoms with Crippen LogP contribution in [0.15, 0.2) is 37.3 Å². The topological polar surface area (TPSA) is 96.4 Å². The first kappa shape index (κ1) is 23.1. The zero-order valence-electron chi connectivity index (χ0n) is 18.2. The van der Waals surface area contributed by atoms with Crippen LogP contribution in [0.25, 0.3) is 11.0 Å². The Morgan fingerprint density at radius 1 is 1.23 bits per heavy atom. The third-order valence-electron chi connectivity index (χ3n) is 6.12. The summed E-state index contributed by atoms with van der Waals surface area (Å²) in [7, 11) is 0. The summed E-state index contributed by atoms with van der Waals surface area (Å²) in [6.07, 6.45) is 5.91. The molecule has 5 heterocycles. The van der Waals surface area contributed by atoms with Gasteiger partial charge in [0.2, 0.25) is 11.9 Å². The average Bonchev–Trinajstić information content (AvgIpc) is 2.87. The van der Waals surface area contributed by atoms with Crippen molar-refractivity contribution < 1.29 is 22.7 Å². The summed E-state index contributed by atoms with van der Waals surface area (Å²) in [5.74, 6) is -0.932. The van der Waals surface area contributed by atoms with E-state index >= 15 is 0 Å². The van der Waals surface area contributed by atoms with E-state index in [9.17, 15) is 18.0 Å². The van der Waals surface area contributed by atoms with Crippen LogP contribution in [0.2, 0.25) is 5.02 Å². The van der Waals surface area contributed by atoms with E-state index in [1.807, 2.05) is 9.80 Å². The number of hydrogen-bond acceptors (Lipinski definition) is 8. The number of halogens is 4. The molecule has 0 spiro atoms. The number of ether oxygens (including phenoxy) is 1. The van der Waals surface area contributed by atoms with Gasteiger partial charge in [-0.15, -0.1) is 0 Å². The van der Waals surface area contributed by atoms with Crippen LogP contribution >= 0.6 is 11.6 Å². The van der Waals surface area contributed by atoms with E-state index < -0.39 is 23.2 Å². The molecule has 3 fully saturated rings. The van der Waals surface area contributed by atoms with Gasteiger partial charge in [-0.3, -0.25) is 4.79 Å². The van der Waals surface area contributed by atoms with Gasteiger partial charge in [0.25, 0.3) is 0 Å². The first-order chi connectivity index (χ1) is 16.9. The molecule has 182 valence electrons. The summed E-state index contributed by atoms with van der Waals surface area (Å²) >= 11 is 5.86. The number of rotatable bonds is 6. The van der Waals surface area contributed by atoms with Crippen LogP contribution < -0.4 is 15.0 Å². The van der Waals surface area contributed by atoms with Crippen molar-refractivity contribution in [3.63, 3.8) is 0 Å². The first-order valence-electron chi connectivity index (χ1n) is 10.7. The highest BCUT2D eigenvalue weighted by Crippen LogP contribution is 2.36. The second-order valence-corrected chi connectivity index (χ2v) is 8.48. The molecule has 0 saturated carbocycles. The van der Waals surface area contributed by atoms with Crippen LogP contribution in [-0.4, -0.2) is 62.5 Å². The molecule has 2 atom stereocenters. The highest BCUT2D eigenvalue weighted by atomic mass is 35.5. The van der Waals surface area contributed by atoms with Crippen molar-refractivity contribution in [1.29, 1.82) is 0 Å². The molecule has 3 aliphatic rings. The van der Waals surface area contributed by atoms with Gasteiger partial charge < -0.3 is 19.9 Å². The predicted octanol–water partition coefficient (Wildman–Crippen LogP) is 3.92. The molecule has 1 aromatic carbocycles. The number of piperidine rings is 2. The zero-order valence-corrected chi connectivity index (χ0v) is 18.9. The fraction of sp³-hybridized carbons (Fsp3) is 0.318. The molecule has 1 N–H and O–H groups in total. The van der Waals surface area contributed by atoms with Crippen molar-refractivity contribution in [2.45, 2.75) is 31.5 Å². The molecule has 3 aromatic rings. The largest absolute Gasteiger partial charge is 0.433 e. The Bertz CT molecular complexity index is 1310. The van der Waals surface area contributed by atoms with Crippen molar-refractivity contribution >= 4 is 46.0 Å². The third-order valence-corrected chi connectivity index (χ3v) is 6.48. The molecule has 2 aromatic heterocycles. The Hall–Kier alpha value is -3.67. The van der Waals surface area contributed by atoms with Gasteiger partial charge in [-0.25, -0.2) is 24.3 Å². The standard InChI is InChI=1S/C22H19ClF3N7O2/c1-2-16(34)32-8-12-4-3-11(32)9-33(12)22-27-7-14-19(31-22)20(29-10-28-14)30-13-5-6-15(35-21(25)26)17(23)18(13)24/h2,5-7,10-12,21H,1,3-4,8-9H2,(H,28,29,30)/t11-,12+/m1/s1. The van der Waals surface area contributed by atoms with Crippen LogP contribution in [-0.2, 0) is 4.79 Å². The van der Waals surface area contributed by atoms with E-state index in [0.717, 1.165) is 18.9 Å². The molecule has 0 aliphatic carbocycles. The lowest BCUT2D eigenvalue weighted by Crippen LogP contribution is -2.64. The number of piperazine rings is 1. The maximum Gasteiger partial charge on any atom is 0.387 e. The van der Waals surface area contributed by atoms with Crippen molar-refractivity contribution in [3.05, 3.63) is 48.2 Å². The molecule has 13 heteroatoms. The van der Waals surface area contributed by atoms with Gasteiger partial charge in [0.05, 0.1) is 11.9 Å². The van der Waals surface area contributed by atoms with E-state index in [1.54, 1.807) is 6.20 Å². The van der Waals surface area contributed by atoms with Crippen LogP contribution in [0.3, 0.4) is 0 Å². The fourth-order valence-corrected chi connectivity index (χ4v) is 4.69. The molecule has 1 amide bonds. The minimum atomic E-state index is -3.14. The predicted molar refractivity (Wildman–Crippen MR) is 123 cm³/mol. The van der Waals surface area contributed by atoms with Gasteiger partial charge in [0.1, 0.15) is 28.1 Å². The molecule has 3 saturated heterocycles. The molecule has 35 heavy (non-hydrogen) atoms. The van der Waals surface area contributed by atoms with Gasteiger partial charge in [-0.1, -0.05) is 18.2 Å². The number of benzene rings is 1. The minimum absolute atomic E-state index is 0.0274. The molecular formula is C22H19ClF3N7O2. The lowest BCUT2D eigenvalue weighted by Gasteiger charge is -2.51. The number of aromatic nitrogens is 4. The number of hydrogen-bond donors (Lipinski definition) is 1. The van der Waals surface area contributed by atoms with Crippen LogP contribution in [0, 0.1) is 5.82 Å². The monoisotopic (exact) mass is 505 g/mol. The molecule has 9 nitrogen and oxygen atoms in total. The van der Waals surface area contributed by atoms with Gasteiger partial charge in [-0.2, -0.15) is 8.78 Å². The molecule has 0 unspecified atom stereocenters. The summed E-state index contributed by atoms with van der Waals surface area (Å²) in [5, 5.41) is 2.21. The van der Waals surface area contributed by atoms with Gasteiger partial charge in [0, 0.05) is 25.2 Å². The Morgan fingerprint density at radius 2 is 2.03 bits per heavy atom. The second-order valence-electron chi connectivity index (χ2n) is 8.10. The number of fused-ring (bicyclic) bond motifs is 4. The smallest absolute Gasteiger partial charge is 0.387 e. The first-order valence-corrected chi connectivity index (χ1v) is 11.1. The summed E-state index contributed by atoms with van der Waals surface area (Å²) in [4.78, 5) is 33.5. The number of nitrogens with one attached hydrogen (secondary N) is 1. The minimum Gasteiger partial charge on any atom is -0.433 e. The number of carbonyl (C=O) groups is 1. The van der Waals surface area contributed by atoms with Gasteiger partial charge in [-0.05, 0) is 31.1 Å². The van der Waals surface area contributed by atoms with Crippen molar-refractivity contribution in [2.75, 3.05) is 23.3 Å². The number of anilines is 3. The molecule has 2 bridgehead atoms. The molecule has 3 aliphatic heterocycles. The van der Waals surface area contributed by atoms with E-state index in [1.165, 1.54) is 18.5 Å². The van der Waals surface area contributed by atoms with Crippen molar-refractivity contribution in [3.8, 4) is 5.75 Å². The third kappa shape index (κ3) is 4.29. The average molecular weight is 506 g/mol. The zero-order chi connectivity index (χ0) is 24.7. The molecular weight excluding hydrogens is 487 g/mol. The highest BCUT2D eigenvalue weighted by molar-refractivity contribution is 6.32. The lowest BCUT2D eigenvalue weighted by atomic mass is 9.91. The second kappa shape index (κ2) is 9.17. The van der Waals surface area contributed by atoms with Crippen LogP contribution in [0.1, 0.15) is 12.8 Å².